The first-order chi connectivity index (χ1) is 12.3. The minimum atomic E-state index is -3.90. The van der Waals surface area contributed by atoms with Gasteiger partial charge in [0.15, 0.2) is 0 Å². The highest BCUT2D eigenvalue weighted by molar-refractivity contribution is 7.92. The lowest BCUT2D eigenvalue weighted by atomic mass is 9.97. The first-order valence-electron chi connectivity index (χ1n) is 8.52. The molecule has 0 aliphatic rings. The molecule has 1 amide bonds. The molecule has 26 heavy (non-hydrogen) atoms. The van der Waals surface area contributed by atoms with Crippen molar-refractivity contribution in [3.63, 3.8) is 0 Å². The van der Waals surface area contributed by atoms with Gasteiger partial charge in [-0.3, -0.25) is 9.10 Å². The van der Waals surface area contributed by atoms with E-state index in [-0.39, 0.29) is 17.3 Å². The van der Waals surface area contributed by atoms with Crippen LogP contribution in [0.2, 0.25) is 0 Å². The molecule has 5 nitrogen and oxygen atoms in total. The second-order valence-electron chi connectivity index (χ2n) is 5.98. The average Bonchev–Trinajstić information content (AvgIpc) is 2.62. The maximum Gasteiger partial charge on any atom is 0.264 e. The average molecular weight is 370 g/mol. The number of hydrogen-bond donors (Lipinski definition) is 0. The Bertz CT molecular complexity index is 845. The molecule has 0 fully saturated rings. The summed E-state index contributed by atoms with van der Waals surface area (Å²) >= 11 is 0. The van der Waals surface area contributed by atoms with Gasteiger partial charge in [-0.05, 0) is 45.0 Å². The van der Waals surface area contributed by atoms with Crippen molar-refractivity contribution >= 4 is 34.9 Å². The molecule has 2 rings (SSSR count). The van der Waals surface area contributed by atoms with Gasteiger partial charge in [0.05, 0.1) is 10.6 Å². The Morgan fingerprint density at radius 3 is 2.00 bits per heavy atom. The van der Waals surface area contributed by atoms with Gasteiger partial charge in [0.25, 0.3) is 10.0 Å². The highest BCUT2D eigenvalue weighted by Crippen LogP contribution is 2.24. The van der Waals surface area contributed by atoms with Crippen LogP contribution in [-0.2, 0) is 14.8 Å². The maximum absolute atomic E-state index is 13.2. The molecule has 0 aliphatic carbocycles. The Balaban J connectivity index is 2.47. The fourth-order valence-electron chi connectivity index (χ4n) is 2.59. The van der Waals surface area contributed by atoms with Crippen molar-refractivity contribution in [3.8, 4) is 0 Å². The van der Waals surface area contributed by atoms with Crippen LogP contribution in [-0.4, -0.2) is 46.7 Å². The molecule has 0 unspecified atom stereocenters. The summed E-state index contributed by atoms with van der Waals surface area (Å²) in [6.07, 6.45) is 0. The van der Waals surface area contributed by atoms with Gasteiger partial charge in [0.2, 0.25) is 5.91 Å². The number of amides is 1. The molecule has 0 heterocycles. The van der Waals surface area contributed by atoms with Crippen LogP contribution in [0.1, 0.15) is 19.4 Å². The van der Waals surface area contributed by atoms with E-state index in [1.54, 1.807) is 17.0 Å². The quantitative estimate of drug-likeness (QED) is 0.699. The van der Waals surface area contributed by atoms with Gasteiger partial charge >= 0.3 is 0 Å². The van der Waals surface area contributed by atoms with Crippen molar-refractivity contribution in [2.24, 2.45) is 0 Å². The van der Waals surface area contributed by atoms with E-state index in [4.69, 9.17) is 7.85 Å². The van der Waals surface area contributed by atoms with Crippen LogP contribution >= 0.6 is 0 Å². The van der Waals surface area contributed by atoms with E-state index in [1.807, 2.05) is 32.9 Å². The predicted octanol–water partition coefficient (Wildman–Crippen LogP) is 1.85. The summed E-state index contributed by atoms with van der Waals surface area (Å²) < 4.78 is 27.5. The lowest BCUT2D eigenvalue weighted by Gasteiger charge is -2.27. The zero-order valence-corrected chi connectivity index (χ0v) is 16.2. The number of likely N-dealkylation sites (N-methyl/N-ethyl adjacent to an activating group) is 1. The lowest BCUT2D eigenvalue weighted by molar-refractivity contribution is -0.129. The number of hydrogen-bond acceptors (Lipinski definition) is 3. The highest BCUT2D eigenvalue weighted by atomic mass is 32.2. The minimum absolute atomic E-state index is 0.0969. The second kappa shape index (κ2) is 8.40. The number of anilines is 1. The largest absolute Gasteiger partial charge is 0.342 e. The summed E-state index contributed by atoms with van der Waals surface area (Å²) in [5, 5.41) is 0. The molecule has 2 aromatic rings. The molecule has 0 aromatic heterocycles. The van der Waals surface area contributed by atoms with Crippen molar-refractivity contribution in [3.05, 3.63) is 54.1 Å². The molecule has 0 aliphatic heterocycles. The van der Waals surface area contributed by atoms with E-state index >= 15 is 0 Å². The summed E-state index contributed by atoms with van der Waals surface area (Å²) in [7, 11) is 1.76. The number of benzene rings is 2. The van der Waals surface area contributed by atoms with Gasteiger partial charge in [-0.1, -0.05) is 35.3 Å². The summed E-state index contributed by atoms with van der Waals surface area (Å²) in [6.45, 7) is 6.46. The molecule has 0 N–H and O–H groups in total. The lowest BCUT2D eigenvalue weighted by Crippen LogP contribution is -2.43. The SMILES string of the molecule is [B]c1ccc(S(=O)(=O)N(CC(=O)N(CC)CC)c2ccc(C)cc2)cc1. The molecule has 0 saturated heterocycles. The van der Waals surface area contributed by atoms with E-state index < -0.39 is 10.0 Å². The van der Waals surface area contributed by atoms with Crippen LogP contribution in [0.5, 0.6) is 0 Å². The first kappa shape index (κ1) is 20.0. The van der Waals surface area contributed by atoms with Crippen molar-refractivity contribution in [2.75, 3.05) is 23.9 Å². The topological polar surface area (TPSA) is 57.7 Å². The normalized spacial score (nSPS) is 11.2. The van der Waals surface area contributed by atoms with Gasteiger partial charge < -0.3 is 4.90 Å². The standard InChI is InChI=1S/C19H23BN2O3S/c1-4-21(5-2)19(23)14-22(17-10-6-15(3)7-11-17)26(24,25)18-12-8-16(20)9-13-18/h6-13H,4-5,14H2,1-3H3. The van der Waals surface area contributed by atoms with Crippen LogP contribution in [0.25, 0.3) is 0 Å². The fraction of sp³-hybridized carbons (Fsp3) is 0.316. The number of aryl methyl sites for hydroxylation is 1. The summed E-state index contributed by atoms with van der Waals surface area (Å²) in [5.41, 5.74) is 1.94. The Labute approximate surface area is 157 Å². The Morgan fingerprint density at radius 2 is 1.50 bits per heavy atom. The molecule has 0 saturated carbocycles. The third-order valence-electron chi connectivity index (χ3n) is 4.19. The smallest absolute Gasteiger partial charge is 0.264 e. The Hall–Kier alpha value is -2.28. The van der Waals surface area contributed by atoms with Gasteiger partial charge in [-0.15, -0.1) is 0 Å². The number of carbonyl (C=O) groups is 1. The molecule has 136 valence electrons. The number of sulfonamides is 1. The molecule has 0 spiro atoms. The molecule has 2 radical (unpaired) electrons. The van der Waals surface area contributed by atoms with E-state index in [1.165, 1.54) is 24.3 Å². The van der Waals surface area contributed by atoms with Gasteiger partial charge in [-0.25, -0.2) is 8.42 Å². The monoisotopic (exact) mass is 370 g/mol. The fourth-order valence-corrected chi connectivity index (χ4v) is 4.01. The van der Waals surface area contributed by atoms with E-state index in [0.717, 1.165) is 9.87 Å². The van der Waals surface area contributed by atoms with Crippen LogP contribution in [0.3, 0.4) is 0 Å². The molecule has 7 heteroatoms. The van der Waals surface area contributed by atoms with Crippen molar-refractivity contribution in [2.45, 2.75) is 25.7 Å². The van der Waals surface area contributed by atoms with Gasteiger partial charge in [0.1, 0.15) is 14.4 Å². The van der Waals surface area contributed by atoms with E-state index in [9.17, 15) is 13.2 Å². The van der Waals surface area contributed by atoms with Gasteiger partial charge in [0, 0.05) is 13.1 Å². The summed E-state index contributed by atoms with van der Waals surface area (Å²) in [6, 6.07) is 13.0. The Kier molecular flexibility index (Phi) is 6.48. The molecular weight excluding hydrogens is 347 g/mol. The summed E-state index contributed by atoms with van der Waals surface area (Å²) in [5.74, 6) is -0.241. The minimum Gasteiger partial charge on any atom is -0.342 e. The predicted molar refractivity (Wildman–Crippen MR) is 105 cm³/mol. The van der Waals surface area contributed by atoms with Crippen molar-refractivity contribution < 1.29 is 13.2 Å². The molecule has 2 aromatic carbocycles. The van der Waals surface area contributed by atoms with Crippen LogP contribution < -0.4 is 9.77 Å². The third kappa shape index (κ3) is 4.46. The van der Waals surface area contributed by atoms with E-state index in [2.05, 4.69) is 0 Å². The molecule has 0 atom stereocenters. The number of rotatable bonds is 7. The van der Waals surface area contributed by atoms with Crippen LogP contribution in [0.4, 0.5) is 5.69 Å². The number of nitrogens with zero attached hydrogens (tertiary/aromatic N) is 2. The van der Waals surface area contributed by atoms with Crippen LogP contribution in [0.15, 0.2) is 53.4 Å². The zero-order valence-electron chi connectivity index (χ0n) is 15.3. The summed E-state index contributed by atoms with van der Waals surface area (Å²) in [4.78, 5) is 14.3. The zero-order chi connectivity index (χ0) is 19.3. The van der Waals surface area contributed by atoms with Crippen molar-refractivity contribution in [1.82, 2.24) is 4.90 Å². The second-order valence-corrected chi connectivity index (χ2v) is 7.84. The molecule has 0 bridgehead atoms. The Morgan fingerprint density at radius 1 is 0.962 bits per heavy atom. The highest BCUT2D eigenvalue weighted by Gasteiger charge is 2.28. The third-order valence-corrected chi connectivity index (χ3v) is 5.97. The van der Waals surface area contributed by atoms with Gasteiger partial charge in [-0.2, -0.15) is 0 Å². The number of carbonyl (C=O) groups excluding carboxylic acids is 1. The van der Waals surface area contributed by atoms with E-state index in [0.29, 0.717) is 24.2 Å². The van der Waals surface area contributed by atoms with Crippen LogP contribution in [0, 0.1) is 6.92 Å². The maximum atomic E-state index is 13.2. The van der Waals surface area contributed by atoms with Crippen molar-refractivity contribution in [1.29, 1.82) is 0 Å². The molecular formula is C19H23BN2O3S. The first-order valence-corrected chi connectivity index (χ1v) is 9.96.